The Kier molecular flexibility index (Phi) is 4.86. The Hall–Kier alpha value is -1.29. The largest absolute Gasteiger partial charge is 0.198 e. The minimum Gasteiger partial charge on any atom is -0.198 e. The first-order valence-corrected chi connectivity index (χ1v) is 8.07. The molecule has 1 aromatic carbocycles. The maximum atomic E-state index is 9.68. The smallest absolute Gasteiger partial charge is 0.0693 e. The molecule has 0 atom stereocenters. The van der Waals surface area contributed by atoms with Gasteiger partial charge in [-0.2, -0.15) is 5.26 Å². The van der Waals surface area contributed by atoms with Crippen molar-refractivity contribution in [1.29, 1.82) is 5.26 Å². The Morgan fingerprint density at radius 2 is 1.70 bits per heavy atom. The van der Waals surface area contributed by atoms with Crippen molar-refractivity contribution in [1.82, 2.24) is 0 Å². The minimum absolute atomic E-state index is 0.112. The molecule has 1 aromatic rings. The van der Waals surface area contributed by atoms with Gasteiger partial charge in [0.2, 0.25) is 0 Å². The number of nitrogens with zero attached hydrogens (tertiary/aromatic N) is 1. The molecule has 0 amide bonds. The standard InChI is InChI=1S/C19H27N/c1-4-16-5-7-17(8-6-16)13-19(14-20)11-9-18(10-12-19)15(2)3/h5-8,15,18H,4,9-13H2,1-3H3. The number of aryl methyl sites for hydroxylation is 1. The molecule has 0 bridgehead atoms. The van der Waals surface area contributed by atoms with E-state index in [1.807, 2.05) is 0 Å². The first-order valence-electron chi connectivity index (χ1n) is 8.07. The molecular formula is C19H27N. The van der Waals surface area contributed by atoms with E-state index < -0.39 is 0 Å². The Bertz CT molecular complexity index is 456. The zero-order chi connectivity index (χ0) is 14.6. The summed E-state index contributed by atoms with van der Waals surface area (Å²) in [6.45, 7) is 6.81. The molecule has 2 rings (SSSR count). The maximum Gasteiger partial charge on any atom is 0.0693 e. The van der Waals surface area contributed by atoms with Crippen LogP contribution in [0.2, 0.25) is 0 Å². The molecule has 1 heteroatoms. The van der Waals surface area contributed by atoms with Gasteiger partial charge in [-0.3, -0.25) is 0 Å². The third-order valence-corrected chi connectivity index (χ3v) is 5.14. The van der Waals surface area contributed by atoms with Crippen LogP contribution in [0.15, 0.2) is 24.3 Å². The minimum atomic E-state index is -0.112. The highest BCUT2D eigenvalue weighted by atomic mass is 14.4. The van der Waals surface area contributed by atoms with Gasteiger partial charge in [-0.25, -0.2) is 0 Å². The molecule has 0 radical (unpaired) electrons. The molecule has 0 N–H and O–H groups in total. The van der Waals surface area contributed by atoms with Crippen molar-refractivity contribution >= 4 is 0 Å². The van der Waals surface area contributed by atoms with Crippen molar-refractivity contribution in [2.75, 3.05) is 0 Å². The summed E-state index contributed by atoms with van der Waals surface area (Å²) in [4.78, 5) is 0. The van der Waals surface area contributed by atoms with Crippen molar-refractivity contribution < 1.29 is 0 Å². The average Bonchev–Trinajstić information content (AvgIpc) is 2.48. The zero-order valence-electron chi connectivity index (χ0n) is 13.2. The van der Waals surface area contributed by atoms with Crippen LogP contribution in [0.5, 0.6) is 0 Å². The summed E-state index contributed by atoms with van der Waals surface area (Å²) in [6.07, 6.45) is 6.60. The Morgan fingerprint density at radius 3 is 2.15 bits per heavy atom. The van der Waals surface area contributed by atoms with Crippen LogP contribution < -0.4 is 0 Å². The van der Waals surface area contributed by atoms with Crippen LogP contribution in [-0.2, 0) is 12.8 Å². The summed E-state index contributed by atoms with van der Waals surface area (Å²) >= 11 is 0. The molecule has 0 aromatic heterocycles. The molecule has 1 nitrogen and oxygen atoms in total. The Balaban J connectivity index is 2.04. The molecule has 1 fully saturated rings. The first-order chi connectivity index (χ1) is 9.58. The van der Waals surface area contributed by atoms with Crippen LogP contribution in [0.1, 0.15) is 57.6 Å². The summed E-state index contributed by atoms with van der Waals surface area (Å²) in [6, 6.07) is 11.5. The van der Waals surface area contributed by atoms with Crippen LogP contribution in [0.3, 0.4) is 0 Å². The van der Waals surface area contributed by atoms with Crippen LogP contribution in [0, 0.1) is 28.6 Å². The lowest BCUT2D eigenvalue weighted by Gasteiger charge is -2.36. The molecular weight excluding hydrogens is 242 g/mol. The fraction of sp³-hybridized carbons (Fsp3) is 0.632. The van der Waals surface area contributed by atoms with Gasteiger partial charge in [-0.15, -0.1) is 0 Å². The lowest BCUT2D eigenvalue weighted by molar-refractivity contribution is 0.175. The van der Waals surface area contributed by atoms with Crippen molar-refractivity contribution in [3.63, 3.8) is 0 Å². The summed E-state index contributed by atoms with van der Waals surface area (Å²) in [5, 5.41) is 9.68. The Labute approximate surface area is 124 Å². The van der Waals surface area contributed by atoms with Gasteiger partial charge in [0.1, 0.15) is 0 Å². The monoisotopic (exact) mass is 269 g/mol. The lowest BCUT2D eigenvalue weighted by atomic mass is 9.66. The van der Waals surface area contributed by atoms with Crippen molar-refractivity contribution in [2.24, 2.45) is 17.3 Å². The number of hydrogen-bond acceptors (Lipinski definition) is 1. The van der Waals surface area contributed by atoms with Crippen LogP contribution in [-0.4, -0.2) is 0 Å². The van der Waals surface area contributed by atoms with Crippen molar-refractivity contribution in [3.05, 3.63) is 35.4 Å². The van der Waals surface area contributed by atoms with E-state index in [1.165, 1.54) is 24.0 Å². The van der Waals surface area contributed by atoms with E-state index in [9.17, 15) is 5.26 Å². The summed E-state index contributed by atoms with van der Waals surface area (Å²) in [7, 11) is 0. The normalized spacial score (nSPS) is 26.4. The predicted molar refractivity (Wildman–Crippen MR) is 84.4 cm³/mol. The van der Waals surface area contributed by atoms with E-state index in [4.69, 9.17) is 0 Å². The SMILES string of the molecule is CCc1ccc(CC2(C#N)CCC(C(C)C)CC2)cc1. The van der Waals surface area contributed by atoms with Gasteiger partial charge < -0.3 is 0 Å². The highest BCUT2D eigenvalue weighted by Gasteiger charge is 2.36. The predicted octanol–water partition coefficient (Wildman–Crippen LogP) is 5.15. The number of rotatable bonds is 4. The molecule has 0 spiro atoms. The van der Waals surface area contributed by atoms with E-state index in [-0.39, 0.29) is 5.41 Å². The molecule has 0 saturated heterocycles. The number of hydrogen-bond donors (Lipinski definition) is 0. The second kappa shape index (κ2) is 6.44. The van der Waals surface area contributed by atoms with Crippen molar-refractivity contribution in [3.8, 4) is 6.07 Å². The molecule has 20 heavy (non-hydrogen) atoms. The van der Waals surface area contributed by atoms with Crippen LogP contribution >= 0.6 is 0 Å². The van der Waals surface area contributed by atoms with Gasteiger partial charge in [0, 0.05) is 0 Å². The molecule has 108 valence electrons. The topological polar surface area (TPSA) is 23.8 Å². The number of nitriles is 1. The summed E-state index contributed by atoms with van der Waals surface area (Å²) in [5.41, 5.74) is 2.59. The van der Waals surface area contributed by atoms with Gasteiger partial charge in [0.25, 0.3) is 0 Å². The van der Waals surface area contributed by atoms with Gasteiger partial charge >= 0.3 is 0 Å². The van der Waals surface area contributed by atoms with E-state index in [1.54, 1.807) is 0 Å². The third kappa shape index (κ3) is 3.42. The molecule has 0 aliphatic heterocycles. The van der Waals surface area contributed by atoms with Gasteiger partial charge in [0.05, 0.1) is 11.5 Å². The van der Waals surface area contributed by atoms with E-state index in [2.05, 4.69) is 51.1 Å². The second-order valence-corrected chi connectivity index (χ2v) is 6.82. The molecule has 1 aliphatic carbocycles. The fourth-order valence-corrected chi connectivity index (χ4v) is 3.47. The van der Waals surface area contributed by atoms with E-state index in [0.717, 1.165) is 37.5 Å². The summed E-state index contributed by atoms with van der Waals surface area (Å²) in [5.74, 6) is 1.58. The van der Waals surface area contributed by atoms with Crippen LogP contribution in [0.25, 0.3) is 0 Å². The van der Waals surface area contributed by atoms with E-state index in [0.29, 0.717) is 0 Å². The molecule has 0 heterocycles. The molecule has 1 aliphatic rings. The average molecular weight is 269 g/mol. The lowest BCUT2D eigenvalue weighted by Crippen LogP contribution is -2.30. The second-order valence-electron chi connectivity index (χ2n) is 6.82. The van der Waals surface area contributed by atoms with Gasteiger partial charge in [-0.05, 0) is 61.5 Å². The van der Waals surface area contributed by atoms with Crippen LogP contribution in [0.4, 0.5) is 0 Å². The fourth-order valence-electron chi connectivity index (χ4n) is 3.47. The van der Waals surface area contributed by atoms with Gasteiger partial charge in [0.15, 0.2) is 0 Å². The Morgan fingerprint density at radius 1 is 1.15 bits per heavy atom. The highest BCUT2D eigenvalue weighted by molar-refractivity contribution is 5.25. The zero-order valence-corrected chi connectivity index (χ0v) is 13.2. The maximum absolute atomic E-state index is 9.68. The first kappa shape index (κ1) is 15.1. The van der Waals surface area contributed by atoms with Gasteiger partial charge in [-0.1, -0.05) is 45.0 Å². The molecule has 1 saturated carbocycles. The highest BCUT2D eigenvalue weighted by Crippen LogP contribution is 2.43. The van der Waals surface area contributed by atoms with E-state index >= 15 is 0 Å². The third-order valence-electron chi connectivity index (χ3n) is 5.14. The number of benzene rings is 1. The van der Waals surface area contributed by atoms with Crippen molar-refractivity contribution in [2.45, 2.75) is 59.3 Å². The molecule has 0 unspecified atom stereocenters. The quantitative estimate of drug-likeness (QED) is 0.741. The summed E-state index contributed by atoms with van der Waals surface area (Å²) < 4.78 is 0.